The van der Waals surface area contributed by atoms with Gasteiger partial charge in [-0.05, 0) is 82.8 Å². The zero-order valence-electron chi connectivity index (χ0n) is 16.6. The Morgan fingerprint density at radius 3 is 2.29 bits per heavy atom. The highest BCUT2D eigenvalue weighted by atomic mass is 127. The maximum absolute atomic E-state index is 12.3. The van der Waals surface area contributed by atoms with E-state index in [9.17, 15) is 13.2 Å². The van der Waals surface area contributed by atoms with E-state index in [2.05, 4.69) is 27.9 Å². The lowest BCUT2D eigenvalue weighted by atomic mass is 10.2. The number of carbonyl (C=O) groups is 1. The van der Waals surface area contributed by atoms with Crippen LogP contribution in [0.4, 0.5) is 11.4 Å². The minimum Gasteiger partial charge on any atom is -0.484 e. The molecule has 3 rings (SSSR count). The van der Waals surface area contributed by atoms with Crippen molar-refractivity contribution in [1.29, 1.82) is 0 Å². The van der Waals surface area contributed by atoms with E-state index in [0.29, 0.717) is 27.7 Å². The molecule has 1 amide bonds. The van der Waals surface area contributed by atoms with Gasteiger partial charge in [0.25, 0.3) is 5.91 Å². The molecule has 0 radical (unpaired) electrons. The van der Waals surface area contributed by atoms with Crippen molar-refractivity contribution in [2.75, 3.05) is 22.5 Å². The van der Waals surface area contributed by atoms with E-state index in [1.807, 2.05) is 24.3 Å². The molecule has 6 nitrogen and oxygen atoms in total. The molecule has 0 atom stereocenters. The van der Waals surface area contributed by atoms with Crippen molar-refractivity contribution in [3.05, 3.63) is 87.0 Å². The molecule has 1 N–H and O–H groups in total. The van der Waals surface area contributed by atoms with E-state index in [0.717, 1.165) is 9.83 Å². The van der Waals surface area contributed by atoms with Gasteiger partial charge in [0.15, 0.2) is 6.61 Å². The number of anilines is 2. The second-order valence-corrected chi connectivity index (χ2v) is 10.3. The third-order valence-corrected chi connectivity index (χ3v) is 6.52. The van der Waals surface area contributed by atoms with Gasteiger partial charge < -0.3 is 10.1 Å². The summed E-state index contributed by atoms with van der Waals surface area (Å²) >= 11 is 8.38. The predicted molar refractivity (Wildman–Crippen MR) is 132 cm³/mol. The normalized spacial score (nSPS) is 11.1. The molecule has 31 heavy (non-hydrogen) atoms. The Morgan fingerprint density at radius 1 is 1.03 bits per heavy atom. The van der Waals surface area contributed by atoms with Crippen LogP contribution >= 0.6 is 34.2 Å². The number of nitrogens with one attached hydrogen (secondary N) is 1. The largest absolute Gasteiger partial charge is 0.484 e. The van der Waals surface area contributed by atoms with Crippen LogP contribution in [0.1, 0.15) is 5.56 Å². The smallest absolute Gasteiger partial charge is 0.262 e. The number of rotatable bonds is 8. The van der Waals surface area contributed by atoms with Gasteiger partial charge in [0, 0.05) is 14.3 Å². The lowest BCUT2D eigenvalue weighted by molar-refractivity contribution is -0.118. The van der Waals surface area contributed by atoms with E-state index in [-0.39, 0.29) is 19.1 Å². The Bertz CT molecular complexity index is 1150. The number of halogens is 2. The summed E-state index contributed by atoms with van der Waals surface area (Å²) in [7, 11) is -3.54. The fourth-order valence-corrected chi connectivity index (χ4v) is 4.20. The van der Waals surface area contributed by atoms with Crippen molar-refractivity contribution in [2.24, 2.45) is 0 Å². The lowest BCUT2D eigenvalue weighted by Gasteiger charge is -2.23. The molecule has 0 aliphatic carbocycles. The highest BCUT2D eigenvalue weighted by Gasteiger charge is 2.19. The zero-order chi connectivity index (χ0) is 22.4. The standard InChI is InChI=1S/C22H20ClIN2O4S/c1-31(28,29)26(14-16-4-2-3-5-21(16)23)19-10-12-20(13-11-19)30-15-22(27)25-18-8-6-17(24)7-9-18/h2-13H,14-15H2,1H3,(H,25,27). The third kappa shape index (κ3) is 6.84. The fourth-order valence-electron chi connectivity index (χ4n) is 2.77. The number of hydrogen-bond donors (Lipinski definition) is 1. The summed E-state index contributed by atoms with van der Waals surface area (Å²) in [5, 5.41) is 3.25. The Labute approximate surface area is 200 Å². The molecule has 162 valence electrons. The van der Waals surface area contributed by atoms with Crippen molar-refractivity contribution >= 4 is 61.5 Å². The van der Waals surface area contributed by atoms with E-state index >= 15 is 0 Å². The molecule has 3 aromatic carbocycles. The van der Waals surface area contributed by atoms with Crippen LogP contribution in [0, 0.1) is 3.57 Å². The first-order valence-corrected chi connectivity index (χ1v) is 12.5. The average molecular weight is 571 g/mol. The number of hydrogen-bond acceptors (Lipinski definition) is 4. The first kappa shape index (κ1) is 23.4. The van der Waals surface area contributed by atoms with Crippen molar-refractivity contribution in [1.82, 2.24) is 0 Å². The fraction of sp³-hybridized carbons (Fsp3) is 0.136. The minimum absolute atomic E-state index is 0.108. The molecule has 0 unspecified atom stereocenters. The van der Waals surface area contributed by atoms with E-state index in [1.165, 1.54) is 4.31 Å². The summed E-state index contributed by atoms with van der Waals surface area (Å²) in [6.45, 7) is -0.0577. The van der Waals surface area contributed by atoms with E-state index < -0.39 is 10.0 Å². The monoisotopic (exact) mass is 570 g/mol. The first-order valence-electron chi connectivity index (χ1n) is 9.22. The number of sulfonamides is 1. The van der Waals surface area contributed by atoms with E-state index in [4.69, 9.17) is 16.3 Å². The van der Waals surface area contributed by atoms with Crippen molar-refractivity contribution < 1.29 is 17.9 Å². The highest BCUT2D eigenvalue weighted by Crippen LogP contribution is 2.26. The van der Waals surface area contributed by atoms with Gasteiger partial charge in [0.1, 0.15) is 5.75 Å². The highest BCUT2D eigenvalue weighted by molar-refractivity contribution is 14.1. The molecule has 0 saturated heterocycles. The van der Waals surface area contributed by atoms with Crippen LogP contribution < -0.4 is 14.4 Å². The van der Waals surface area contributed by atoms with Crippen LogP contribution in [0.25, 0.3) is 0 Å². The molecular formula is C22H20ClIN2O4S. The molecule has 0 heterocycles. The molecule has 0 aliphatic heterocycles. The molecule has 0 bridgehead atoms. The molecule has 0 spiro atoms. The van der Waals surface area contributed by atoms with Crippen LogP contribution in [-0.4, -0.2) is 27.2 Å². The molecular weight excluding hydrogens is 551 g/mol. The van der Waals surface area contributed by atoms with Crippen molar-refractivity contribution in [3.8, 4) is 5.75 Å². The maximum Gasteiger partial charge on any atom is 0.262 e. The van der Waals surface area contributed by atoms with Gasteiger partial charge in [-0.2, -0.15) is 0 Å². The lowest BCUT2D eigenvalue weighted by Crippen LogP contribution is -2.29. The zero-order valence-corrected chi connectivity index (χ0v) is 20.3. The topological polar surface area (TPSA) is 75.7 Å². The Hall–Kier alpha value is -2.30. The molecule has 0 fully saturated rings. The van der Waals surface area contributed by atoms with Gasteiger partial charge in [-0.3, -0.25) is 9.10 Å². The predicted octanol–water partition coefficient (Wildman–Crippen LogP) is 4.93. The average Bonchev–Trinajstić information content (AvgIpc) is 2.73. The summed E-state index contributed by atoms with van der Waals surface area (Å²) < 4.78 is 32.5. The SMILES string of the molecule is CS(=O)(=O)N(Cc1ccccc1Cl)c1ccc(OCC(=O)Nc2ccc(I)cc2)cc1. The van der Waals surface area contributed by atoms with Gasteiger partial charge in [0.05, 0.1) is 18.5 Å². The quantitative estimate of drug-likeness (QED) is 0.390. The minimum atomic E-state index is -3.54. The van der Waals surface area contributed by atoms with Crippen LogP contribution in [0.2, 0.25) is 5.02 Å². The summed E-state index contributed by atoms with van der Waals surface area (Å²) in [6, 6.07) is 21.0. The van der Waals surface area contributed by atoms with Crippen LogP contribution in [0.15, 0.2) is 72.8 Å². The molecule has 0 aliphatic rings. The Balaban J connectivity index is 1.65. The number of nitrogens with zero attached hydrogens (tertiary/aromatic N) is 1. The van der Waals surface area contributed by atoms with Crippen LogP contribution in [0.3, 0.4) is 0 Å². The van der Waals surface area contributed by atoms with Crippen molar-refractivity contribution in [3.63, 3.8) is 0 Å². The van der Waals surface area contributed by atoms with Gasteiger partial charge in [-0.1, -0.05) is 29.8 Å². The Kier molecular flexibility index (Phi) is 7.79. The number of amides is 1. The van der Waals surface area contributed by atoms with Crippen molar-refractivity contribution in [2.45, 2.75) is 6.54 Å². The third-order valence-electron chi connectivity index (χ3n) is 4.29. The summed E-state index contributed by atoms with van der Waals surface area (Å²) in [5.41, 5.74) is 1.85. The molecule has 3 aromatic rings. The summed E-state index contributed by atoms with van der Waals surface area (Å²) in [6.07, 6.45) is 1.14. The summed E-state index contributed by atoms with van der Waals surface area (Å²) in [5.74, 6) is 0.162. The second-order valence-electron chi connectivity index (χ2n) is 6.70. The van der Waals surface area contributed by atoms with E-state index in [1.54, 1.807) is 48.5 Å². The number of benzene rings is 3. The molecule has 9 heteroatoms. The second kappa shape index (κ2) is 10.3. The summed E-state index contributed by atoms with van der Waals surface area (Å²) in [4.78, 5) is 12.1. The van der Waals surface area contributed by atoms with Gasteiger partial charge >= 0.3 is 0 Å². The Morgan fingerprint density at radius 2 is 1.68 bits per heavy atom. The molecule has 0 saturated carbocycles. The molecule has 0 aromatic heterocycles. The van der Waals surface area contributed by atoms with Crippen LogP contribution in [0.5, 0.6) is 5.75 Å². The van der Waals surface area contributed by atoms with Crippen LogP contribution in [-0.2, 0) is 21.4 Å². The van der Waals surface area contributed by atoms with Gasteiger partial charge in [0.2, 0.25) is 10.0 Å². The maximum atomic E-state index is 12.3. The van der Waals surface area contributed by atoms with Gasteiger partial charge in [-0.15, -0.1) is 0 Å². The number of carbonyl (C=O) groups excluding carboxylic acids is 1. The van der Waals surface area contributed by atoms with Gasteiger partial charge in [-0.25, -0.2) is 8.42 Å². The number of ether oxygens (including phenoxy) is 1. The first-order chi connectivity index (χ1) is 14.7.